The van der Waals surface area contributed by atoms with E-state index >= 15 is 0 Å². The first kappa shape index (κ1) is 9.92. The van der Waals surface area contributed by atoms with Crippen LogP contribution >= 0.6 is 0 Å². The number of rotatable bonds is 3. The molecule has 72 valence electrons. The van der Waals surface area contributed by atoms with Gasteiger partial charge in [0.25, 0.3) is 5.92 Å². The quantitative estimate of drug-likeness (QED) is 0.782. The van der Waals surface area contributed by atoms with Gasteiger partial charge in [0.1, 0.15) is 5.75 Å². The SMILES string of the molecule is COc1ccccc1C(F)(F)CN. The van der Waals surface area contributed by atoms with Crippen molar-refractivity contribution in [1.29, 1.82) is 0 Å². The number of hydrogen-bond donors (Lipinski definition) is 1. The number of benzene rings is 1. The Kier molecular flexibility index (Phi) is 2.83. The molecule has 0 saturated carbocycles. The van der Waals surface area contributed by atoms with Crippen molar-refractivity contribution < 1.29 is 13.5 Å². The molecule has 0 fully saturated rings. The Labute approximate surface area is 75.3 Å². The maximum Gasteiger partial charge on any atom is 0.288 e. The van der Waals surface area contributed by atoms with Crippen LogP contribution in [0.5, 0.6) is 5.75 Å². The summed E-state index contributed by atoms with van der Waals surface area (Å²) in [6.45, 7) is -0.715. The average Bonchev–Trinajstić information content (AvgIpc) is 2.18. The molecule has 0 heterocycles. The second-order valence-corrected chi connectivity index (χ2v) is 2.61. The summed E-state index contributed by atoms with van der Waals surface area (Å²) in [6.07, 6.45) is 0. The molecule has 0 aliphatic heterocycles. The Morgan fingerprint density at radius 3 is 2.54 bits per heavy atom. The maximum atomic E-state index is 13.1. The molecule has 2 N–H and O–H groups in total. The summed E-state index contributed by atoms with van der Waals surface area (Å²) in [5, 5.41) is 0. The zero-order valence-corrected chi connectivity index (χ0v) is 7.26. The minimum absolute atomic E-state index is 0.165. The van der Waals surface area contributed by atoms with Gasteiger partial charge in [0.15, 0.2) is 0 Å². The molecule has 1 aromatic carbocycles. The molecule has 2 nitrogen and oxygen atoms in total. The van der Waals surface area contributed by atoms with Crippen LogP contribution in [-0.2, 0) is 5.92 Å². The molecule has 0 atom stereocenters. The topological polar surface area (TPSA) is 35.2 Å². The van der Waals surface area contributed by atoms with E-state index in [2.05, 4.69) is 0 Å². The molecule has 0 aromatic heterocycles. The molecule has 0 aliphatic carbocycles. The van der Waals surface area contributed by atoms with Gasteiger partial charge in [0.2, 0.25) is 0 Å². The van der Waals surface area contributed by atoms with Gasteiger partial charge in [-0.1, -0.05) is 12.1 Å². The lowest BCUT2D eigenvalue weighted by Gasteiger charge is -2.16. The second-order valence-electron chi connectivity index (χ2n) is 2.61. The van der Waals surface area contributed by atoms with E-state index < -0.39 is 12.5 Å². The van der Waals surface area contributed by atoms with Crippen molar-refractivity contribution in [3.05, 3.63) is 29.8 Å². The molecule has 0 bridgehead atoms. The van der Waals surface area contributed by atoms with E-state index in [0.717, 1.165) is 0 Å². The molecule has 13 heavy (non-hydrogen) atoms. The number of ether oxygens (including phenoxy) is 1. The number of hydrogen-bond acceptors (Lipinski definition) is 2. The van der Waals surface area contributed by atoms with Crippen LogP contribution < -0.4 is 10.5 Å². The van der Waals surface area contributed by atoms with Gasteiger partial charge in [-0.2, -0.15) is 8.78 Å². The summed E-state index contributed by atoms with van der Waals surface area (Å²) in [5.74, 6) is -2.86. The summed E-state index contributed by atoms with van der Waals surface area (Å²) in [7, 11) is 1.35. The molecule has 4 heteroatoms. The monoisotopic (exact) mass is 187 g/mol. The fraction of sp³-hybridized carbons (Fsp3) is 0.333. The number of para-hydroxylation sites is 1. The van der Waals surface area contributed by atoms with Gasteiger partial charge in [-0.25, -0.2) is 0 Å². The molecule has 0 aliphatic rings. The summed E-state index contributed by atoms with van der Waals surface area (Å²) in [6, 6.07) is 5.96. The van der Waals surface area contributed by atoms with E-state index in [1.54, 1.807) is 6.07 Å². The van der Waals surface area contributed by atoms with E-state index in [-0.39, 0.29) is 11.3 Å². The minimum Gasteiger partial charge on any atom is -0.496 e. The highest BCUT2D eigenvalue weighted by Gasteiger charge is 2.32. The van der Waals surface area contributed by atoms with Crippen molar-refractivity contribution >= 4 is 0 Å². The van der Waals surface area contributed by atoms with Gasteiger partial charge < -0.3 is 10.5 Å². The highest BCUT2D eigenvalue weighted by Crippen LogP contribution is 2.33. The molecular formula is C9H11F2NO. The molecule has 1 rings (SSSR count). The number of nitrogens with two attached hydrogens (primary N) is 1. The number of alkyl halides is 2. The molecule has 0 amide bonds. The van der Waals surface area contributed by atoms with E-state index in [9.17, 15) is 8.78 Å². The molecule has 0 saturated heterocycles. The third-order valence-corrected chi connectivity index (χ3v) is 1.76. The second kappa shape index (κ2) is 3.70. The summed E-state index contributed by atoms with van der Waals surface area (Å²) >= 11 is 0. The van der Waals surface area contributed by atoms with Crippen molar-refractivity contribution in [3.8, 4) is 5.75 Å². The Morgan fingerprint density at radius 1 is 1.38 bits per heavy atom. The molecule has 0 spiro atoms. The van der Waals surface area contributed by atoms with Crippen LogP contribution in [0.4, 0.5) is 8.78 Å². The van der Waals surface area contributed by atoms with Gasteiger partial charge in [0.05, 0.1) is 19.2 Å². The lowest BCUT2D eigenvalue weighted by Crippen LogP contribution is -2.25. The lowest BCUT2D eigenvalue weighted by molar-refractivity contribution is 0.00370. The van der Waals surface area contributed by atoms with Crippen molar-refractivity contribution in [2.75, 3.05) is 13.7 Å². The van der Waals surface area contributed by atoms with Crippen molar-refractivity contribution in [1.82, 2.24) is 0 Å². The first-order chi connectivity index (χ1) is 6.11. The van der Waals surface area contributed by atoms with E-state index in [0.29, 0.717) is 0 Å². The van der Waals surface area contributed by atoms with Crippen LogP contribution in [0, 0.1) is 0 Å². The van der Waals surface area contributed by atoms with Gasteiger partial charge in [0, 0.05) is 0 Å². The van der Waals surface area contributed by atoms with Crippen LogP contribution in [0.25, 0.3) is 0 Å². The van der Waals surface area contributed by atoms with Crippen molar-refractivity contribution in [3.63, 3.8) is 0 Å². The third kappa shape index (κ3) is 1.95. The van der Waals surface area contributed by atoms with Gasteiger partial charge in [-0.05, 0) is 12.1 Å². The lowest BCUT2D eigenvalue weighted by atomic mass is 10.1. The summed E-state index contributed by atoms with van der Waals surface area (Å²) in [4.78, 5) is 0. The zero-order chi connectivity index (χ0) is 9.90. The van der Waals surface area contributed by atoms with Gasteiger partial charge in [-0.15, -0.1) is 0 Å². The average molecular weight is 187 g/mol. The van der Waals surface area contributed by atoms with E-state index in [4.69, 9.17) is 10.5 Å². The molecular weight excluding hydrogens is 176 g/mol. The number of halogens is 2. The van der Waals surface area contributed by atoms with Crippen LogP contribution in [0.2, 0.25) is 0 Å². The summed E-state index contributed by atoms with van der Waals surface area (Å²) in [5.41, 5.74) is 4.79. The highest BCUT2D eigenvalue weighted by molar-refractivity contribution is 5.36. The van der Waals surface area contributed by atoms with Crippen molar-refractivity contribution in [2.45, 2.75) is 5.92 Å². The predicted octanol–water partition coefficient (Wildman–Crippen LogP) is 1.75. The smallest absolute Gasteiger partial charge is 0.288 e. The van der Waals surface area contributed by atoms with E-state index in [1.807, 2.05) is 0 Å². The first-order valence-electron chi connectivity index (χ1n) is 3.83. The normalized spacial score (nSPS) is 11.4. The predicted molar refractivity (Wildman–Crippen MR) is 45.9 cm³/mol. The molecule has 1 aromatic rings. The standard InChI is InChI=1S/C9H11F2NO/c1-13-8-5-3-2-4-7(8)9(10,11)6-12/h2-5H,6,12H2,1H3. The first-order valence-corrected chi connectivity index (χ1v) is 3.83. The Morgan fingerprint density at radius 2 is 2.00 bits per heavy atom. The van der Waals surface area contributed by atoms with Gasteiger partial charge >= 0.3 is 0 Å². The zero-order valence-electron chi connectivity index (χ0n) is 7.26. The minimum atomic E-state index is -3.02. The van der Waals surface area contributed by atoms with Crippen LogP contribution in [0.15, 0.2) is 24.3 Å². The van der Waals surface area contributed by atoms with Crippen LogP contribution in [-0.4, -0.2) is 13.7 Å². The number of methoxy groups -OCH3 is 1. The van der Waals surface area contributed by atoms with Crippen LogP contribution in [0.1, 0.15) is 5.56 Å². The summed E-state index contributed by atoms with van der Waals surface area (Å²) < 4.78 is 31.1. The molecule has 0 radical (unpaired) electrons. The highest BCUT2D eigenvalue weighted by atomic mass is 19.3. The van der Waals surface area contributed by atoms with Crippen LogP contribution in [0.3, 0.4) is 0 Å². The maximum absolute atomic E-state index is 13.1. The molecule has 0 unspecified atom stereocenters. The van der Waals surface area contributed by atoms with Gasteiger partial charge in [-0.3, -0.25) is 0 Å². The third-order valence-electron chi connectivity index (χ3n) is 1.76. The van der Waals surface area contributed by atoms with E-state index in [1.165, 1.54) is 25.3 Å². The fourth-order valence-electron chi connectivity index (χ4n) is 1.06. The fourth-order valence-corrected chi connectivity index (χ4v) is 1.06. The Balaban J connectivity index is 3.12. The van der Waals surface area contributed by atoms with Crippen molar-refractivity contribution in [2.24, 2.45) is 5.73 Å². The Hall–Kier alpha value is -1.16. The largest absolute Gasteiger partial charge is 0.496 e. The Bertz CT molecular complexity index is 289.